The maximum Gasteiger partial charge on any atom is 0.339 e. The van der Waals surface area contributed by atoms with Gasteiger partial charge in [-0.2, -0.15) is 0 Å². The summed E-state index contributed by atoms with van der Waals surface area (Å²) in [5.41, 5.74) is 13.6. The molecule has 9 N–H and O–H groups in total. The van der Waals surface area contributed by atoms with Gasteiger partial charge in [0, 0.05) is 56.7 Å². The quantitative estimate of drug-likeness (QED) is 0.0143. The summed E-state index contributed by atoms with van der Waals surface area (Å²) in [6.07, 6.45) is 8.27. The Morgan fingerprint density at radius 1 is 0.404 bits per heavy atom. The molecule has 0 saturated heterocycles. The standard InChI is InChI=1S/C23H25NO4.C21H21NO4.C20H21NO4.C12H15NO2.C8H8O3.C3H5Br/c1-4-13-28-20-16(3)9-8-12-19(20)21(25)24-23(22(26)27-5-2)14-17-10-6-7-11-18(17)15-23;1-3-11-26-18-14(2)7-6-10-17(18)19(23)22-21(20(24)25)12-15-8-4-5-9-16(15)13-21;1-3-25-19(24)20(11-14-8-4-5-9-15(14)12-20)21-18(23)16-10-6-7-13(2)17(16)22;1-2-15-11(14)12(13)7-9-5-3-4-6-10(9)8-12;1-5-3-2-4-6(7(5)9)8(10)11;1-2-3-4/h4,6-12H,1,5,13-15H2,2-3H3,(H,24,25);3-10H,1,11-13H2,2H3,(H,22,23)(H,24,25);4-10,22H,3,11-12H2,1-2H3,(H,21,23);3-6H,2,7-8,13H2,1H3;2-4,9H,1H3,(H,10,11);2H,1,3H2. The zero-order chi connectivity index (χ0) is 79.6. The molecule has 4 aliphatic carbocycles. The number of hydrogen-bond donors (Lipinski definition) is 8. The number of hydrogen-bond acceptors (Lipinski definition) is 16. The molecule has 3 amide bonds. The molecule has 4 aliphatic rings. The molecular weight excluding hydrogens is 1450 g/mol. The van der Waals surface area contributed by atoms with E-state index in [1.54, 1.807) is 107 Å². The average Bonchev–Trinajstić information content (AvgIpc) is 1.65. The first-order valence-corrected chi connectivity index (χ1v) is 36.7. The summed E-state index contributed by atoms with van der Waals surface area (Å²) in [6, 6.07) is 51.2. The average molecular weight is 1550 g/mol. The minimum atomic E-state index is -1.35. The van der Waals surface area contributed by atoms with E-state index in [4.69, 9.17) is 34.5 Å². The lowest BCUT2D eigenvalue weighted by Gasteiger charge is -2.28. The Hall–Kier alpha value is -11.6. The topological polar surface area (TPSA) is 326 Å². The van der Waals surface area contributed by atoms with Gasteiger partial charge in [0.05, 0.1) is 36.5 Å². The molecule has 0 bridgehead atoms. The van der Waals surface area contributed by atoms with Crippen molar-refractivity contribution in [3.8, 4) is 23.0 Å². The van der Waals surface area contributed by atoms with E-state index in [1.807, 2.05) is 123 Å². The number of nitrogens with one attached hydrogen (secondary N) is 3. The van der Waals surface area contributed by atoms with Crippen molar-refractivity contribution < 1.29 is 82.5 Å². The first kappa shape index (κ1) is 84.6. The Labute approximate surface area is 644 Å². The summed E-state index contributed by atoms with van der Waals surface area (Å²) < 4.78 is 26.9. The zero-order valence-corrected chi connectivity index (χ0v) is 64.1. The van der Waals surface area contributed by atoms with Gasteiger partial charge in [0.2, 0.25) is 0 Å². The SMILES string of the molecule is C=CCBr.C=CCOc1c(C)cccc1C(=O)NC1(C(=O)O)Cc2ccccc2C1.C=CCOc1c(C)cccc1C(=O)NC1(C(=O)OCC)Cc2ccccc2C1.CCOC(=O)C1(N)Cc2ccccc2C1.CCOC(=O)C1(NC(=O)c2cccc(C)c2O)Cc2ccccc2C1.Cc1cccc(C(=O)O)c1O. The van der Waals surface area contributed by atoms with E-state index in [9.17, 15) is 53.7 Å². The number of aryl methyl sites for hydroxylation is 4. The number of phenols is 2. The number of halogens is 1. The Bertz CT molecular complexity index is 4540. The lowest BCUT2D eigenvalue weighted by Crippen LogP contribution is -2.56. The number of phenolic OH excluding ortho intramolecular Hbond substituents is 1. The number of aromatic carboxylic acids is 1. The molecule has 0 unspecified atom stereocenters. The molecule has 22 heteroatoms. The number of benzene rings is 8. The van der Waals surface area contributed by atoms with Crippen LogP contribution >= 0.6 is 15.9 Å². The highest BCUT2D eigenvalue weighted by molar-refractivity contribution is 9.09. The van der Waals surface area contributed by atoms with Crippen LogP contribution in [0.4, 0.5) is 0 Å². The molecule has 0 aromatic heterocycles. The summed E-state index contributed by atoms with van der Waals surface area (Å²) in [6.45, 7) is 24.5. The second-order valence-electron chi connectivity index (χ2n) is 26.5. The highest BCUT2D eigenvalue weighted by atomic mass is 79.9. The second kappa shape index (κ2) is 39.3. The summed E-state index contributed by atoms with van der Waals surface area (Å²) in [7, 11) is 0. The predicted octanol–water partition coefficient (Wildman–Crippen LogP) is 12.8. The number of carboxylic acid groups (broad SMARTS) is 2. The van der Waals surface area contributed by atoms with Crippen molar-refractivity contribution in [3.05, 3.63) is 297 Å². The number of alkyl halides is 1. The van der Waals surface area contributed by atoms with Crippen molar-refractivity contribution in [2.24, 2.45) is 5.73 Å². The Morgan fingerprint density at radius 2 is 0.679 bits per heavy atom. The van der Waals surface area contributed by atoms with Gasteiger partial charge in [0.1, 0.15) is 63.9 Å². The molecule has 0 aliphatic heterocycles. The van der Waals surface area contributed by atoms with Crippen molar-refractivity contribution in [1.29, 1.82) is 0 Å². The lowest BCUT2D eigenvalue weighted by molar-refractivity contribution is -0.151. The van der Waals surface area contributed by atoms with Crippen molar-refractivity contribution >= 4 is 63.5 Å². The van der Waals surface area contributed by atoms with E-state index in [0.717, 1.165) is 61.0 Å². The number of carbonyl (C=O) groups excluding carboxylic acids is 6. The van der Waals surface area contributed by atoms with Crippen molar-refractivity contribution in [2.45, 2.75) is 122 Å². The number of carbonyl (C=O) groups is 8. The Morgan fingerprint density at radius 3 is 0.982 bits per heavy atom. The van der Waals surface area contributed by atoms with Crippen LogP contribution in [0.15, 0.2) is 208 Å². The van der Waals surface area contributed by atoms with Gasteiger partial charge in [-0.25, -0.2) is 19.2 Å². The van der Waals surface area contributed by atoms with Crippen molar-refractivity contribution in [2.75, 3.05) is 38.4 Å². The first-order chi connectivity index (χ1) is 52.1. The number of ether oxygens (including phenoxy) is 5. The van der Waals surface area contributed by atoms with E-state index in [2.05, 4.69) is 51.6 Å². The minimum Gasteiger partial charge on any atom is -0.507 e. The van der Waals surface area contributed by atoms with E-state index in [0.29, 0.717) is 85.5 Å². The smallest absolute Gasteiger partial charge is 0.339 e. The van der Waals surface area contributed by atoms with Gasteiger partial charge in [-0.05, 0) is 139 Å². The third-order valence-electron chi connectivity index (χ3n) is 18.6. The molecule has 0 heterocycles. The van der Waals surface area contributed by atoms with E-state index in [1.165, 1.54) is 6.07 Å². The second-order valence-corrected chi connectivity index (χ2v) is 27.2. The number of para-hydroxylation sites is 4. The van der Waals surface area contributed by atoms with Gasteiger partial charge < -0.3 is 65.8 Å². The number of fused-ring (bicyclic) bond motifs is 4. The molecule has 8 aromatic rings. The maximum atomic E-state index is 13.2. The molecule has 572 valence electrons. The molecule has 0 saturated carbocycles. The summed E-state index contributed by atoms with van der Waals surface area (Å²) in [4.78, 5) is 98.5. The van der Waals surface area contributed by atoms with Gasteiger partial charge in [0.25, 0.3) is 17.7 Å². The van der Waals surface area contributed by atoms with Crippen LogP contribution in [0.1, 0.15) is 129 Å². The number of allylic oxidation sites excluding steroid dienone is 1. The first-order valence-electron chi connectivity index (χ1n) is 35.6. The summed E-state index contributed by atoms with van der Waals surface area (Å²) in [5.74, 6) is -3.89. The van der Waals surface area contributed by atoms with Gasteiger partial charge in [-0.15, -0.1) is 6.58 Å². The lowest BCUT2D eigenvalue weighted by atomic mass is 9.94. The fourth-order valence-corrected chi connectivity index (χ4v) is 13.2. The minimum absolute atomic E-state index is 0.0509. The molecule has 12 rings (SSSR count). The molecule has 0 spiro atoms. The van der Waals surface area contributed by atoms with Crippen LogP contribution in [0.2, 0.25) is 0 Å². The fraction of sp³-hybridized carbons (Fsp3) is 0.287. The molecule has 109 heavy (non-hydrogen) atoms. The molecule has 0 fully saturated rings. The van der Waals surface area contributed by atoms with Crippen LogP contribution in [0, 0.1) is 27.7 Å². The van der Waals surface area contributed by atoms with Gasteiger partial charge >= 0.3 is 29.8 Å². The number of rotatable bonds is 21. The molecule has 21 nitrogen and oxygen atoms in total. The Kier molecular flexibility index (Phi) is 30.5. The number of carboxylic acids is 2. The van der Waals surface area contributed by atoms with Crippen LogP contribution in [0.5, 0.6) is 23.0 Å². The molecule has 0 radical (unpaired) electrons. The van der Waals surface area contributed by atoms with Crippen LogP contribution in [0.25, 0.3) is 0 Å². The Balaban J connectivity index is 0.000000193. The summed E-state index contributed by atoms with van der Waals surface area (Å²) >= 11 is 3.13. The third-order valence-corrected chi connectivity index (χ3v) is 19.0. The van der Waals surface area contributed by atoms with E-state index < -0.39 is 57.8 Å². The van der Waals surface area contributed by atoms with Crippen LogP contribution in [-0.2, 0) is 84.8 Å². The van der Waals surface area contributed by atoms with Gasteiger partial charge in [0.15, 0.2) is 0 Å². The van der Waals surface area contributed by atoms with E-state index >= 15 is 0 Å². The van der Waals surface area contributed by atoms with Crippen LogP contribution < -0.4 is 31.2 Å². The zero-order valence-electron chi connectivity index (χ0n) is 62.5. The third kappa shape index (κ3) is 21.2. The number of esters is 3. The highest BCUT2D eigenvalue weighted by Crippen LogP contribution is 2.37. The van der Waals surface area contributed by atoms with Crippen molar-refractivity contribution in [3.63, 3.8) is 0 Å². The largest absolute Gasteiger partial charge is 0.507 e. The van der Waals surface area contributed by atoms with Crippen LogP contribution in [-0.4, -0.2) is 129 Å². The molecule has 8 aromatic carbocycles. The highest BCUT2D eigenvalue weighted by Gasteiger charge is 2.49. The number of aliphatic carboxylic acids is 1. The fourth-order valence-electron chi connectivity index (χ4n) is 13.2. The van der Waals surface area contributed by atoms with Gasteiger partial charge in [-0.1, -0.05) is 193 Å². The number of nitrogens with two attached hydrogens (primary N) is 1. The molecule has 0 atom stereocenters. The predicted molar refractivity (Wildman–Crippen MR) is 421 cm³/mol. The number of aromatic hydroxyl groups is 2. The monoisotopic (exact) mass is 1550 g/mol. The van der Waals surface area contributed by atoms with E-state index in [-0.39, 0.29) is 67.2 Å². The van der Waals surface area contributed by atoms with Crippen molar-refractivity contribution in [1.82, 2.24) is 16.0 Å². The number of amides is 3. The van der Waals surface area contributed by atoms with Gasteiger partial charge in [-0.3, -0.25) is 19.2 Å². The summed E-state index contributed by atoms with van der Waals surface area (Å²) in [5, 5.41) is 47.2. The maximum absolute atomic E-state index is 13.2. The molecular formula is C87H95BrN4O17. The van der Waals surface area contributed by atoms with Crippen LogP contribution in [0.3, 0.4) is 0 Å². The normalized spacial score (nSPS) is 14.0.